The fourth-order valence-electron chi connectivity index (χ4n) is 10.0. The van der Waals surface area contributed by atoms with Crippen molar-refractivity contribution in [3.8, 4) is 0 Å². The maximum absolute atomic E-state index is 6.48. The molecule has 0 atom stereocenters. The summed E-state index contributed by atoms with van der Waals surface area (Å²) < 4.78 is 8.67. The summed E-state index contributed by atoms with van der Waals surface area (Å²) in [6.07, 6.45) is 5.85. The molecule has 7 heteroatoms. The van der Waals surface area contributed by atoms with Crippen molar-refractivity contribution in [1.29, 1.82) is 0 Å². The summed E-state index contributed by atoms with van der Waals surface area (Å²) in [7, 11) is -3.14. The van der Waals surface area contributed by atoms with Crippen LogP contribution in [-0.2, 0) is 25.8 Å². The predicted molar refractivity (Wildman–Crippen MR) is 243 cm³/mol. The number of rotatable bonds is 5. The number of anilines is 3. The van der Waals surface area contributed by atoms with Gasteiger partial charge in [-0.3, -0.25) is 4.98 Å². The molecule has 5 heterocycles. The van der Waals surface area contributed by atoms with Crippen LogP contribution in [0.2, 0.25) is 0 Å². The minimum atomic E-state index is -3.14. The largest absolute Gasteiger partial charge is 2.00 e. The molecule has 11 aromatic rings. The molecule has 0 amide bonds. The van der Waals surface area contributed by atoms with Crippen LogP contribution in [0.15, 0.2) is 187 Å². The monoisotopic (exact) mass is 878 g/mol. The van der Waals surface area contributed by atoms with Crippen molar-refractivity contribution in [2.75, 3.05) is 4.90 Å². The van der Waals surface area contributed by atoms with E-state index in [1.165, 1.54) is 21.3 Å². The number of aromatic nitrogens is 3. The van der Waals surface area contributed by atoms with E-state index in [2.05, 4.69) is 199 Å². The minimum absolute atomic E-state index is 0. The molecule has 12 rings (SSSR count). The molecule has 0 saturated heterocycles. The number of para-hydroxylation sites is 2. The van der Waals surface area contributed by atoms with E-state index >= 15 is 0 Å². The molecule has 4 aromatic heterocycles. The first-order valence-corrected chi connectivity index (χ1v) is 22.1. The predicted octanol–water partition coefficient (Wildman–Crippen LogP) is 10.0. The Balaban J connectivity index is 0.00000408. The average Bonchev–Trinajstić information content (AvgIpc) is 3.94. The number of nitrogens with zero attached hydrogens (tertiary/aromatic N) is 4. The molecule has 0 unspecified atom stereocenters. The summed E-state index contributed by atoms with van der Waals surface area (Å²) in [6.45, 7) is 4.62. The first-order chi connectivity index (χ1) is 29.0. The zero-order valence-corrected chi connectivity index (χ0v) is 35.4. The maximum atomic E-state index is 6.48. The molecule has 1 aliphatic heterocycles. The fraction of sp³-hybridized carbons (Fsp3) is 0.0566. The Bertz CT molecular complexity index is 3410. The molecule has 0 saturated carbocycles. The Morgan fingerprint density at radius 1 is 0.583 bits per heavy atom. The van der Waals surface area contributed by atoms with Crippen LogP contribution < -0.4 is 25.6 Å². The van der Waals surface area contributed by atoms with E-state index in [0.29, 0.717) is 0 Å². The van der Waals surface area contributed by atoms with Gasteiger partial charge in [0.1, 0.15) is 25.1 Å². The van der Waals surface area contributed by atoms with Gasteiger partial charge >= 0.3 is 20.4 Å². The van der Waals surface area contributed by atoms with E-state index in [9.17, 15) is 0 Å². The van der Waals surface area contributed by atoms with Crippen LogP contribution >= 0.6 is 0 Å². The minimum Gasteiger partial charge on any atom is -0.456 e. The van der Waals surface area contributed by atoms with Gasteiger partial charge in [0.2, 0.25) is 0 Å². The topological polar surface area (TPSA) is 46.6 Å². The molecular weight excluding hydrogens is 843 g/mol. The van der Waals surface area contributed by atoms with E-state index in [0.717, 1.165) is 77.0 Å². The Hall–Kier alpha value is -6.62. The summed E-state index contributed by atoms with van der Waals surface area (Å²) in [5, 5.41) is 10.3. The van der Waals surface area contributed by atoms with Gasteiger partial charge < -0.3 is 13.7 Å². The fourth-order valence-corrected chi connectivity index (χ4v) is 14.6. The molecule has 60 heavy (non-hydrogen) atoms. The van der Waals surface area contributed by atoms with Crippen LogP contribution in [0.5, 0.6) is 0 Å². The molecule has 0 aliphatic carbocycles. The second-order valence-corrected chi connectivity index (χ2v) is 19.7. The van der Waals surface area contributed by atoms with Crippen molar-refractivity contribution in [3.63, 3.8) is 0 Å². The van der Waals surface area contributed by atoms with Crippen LogP contribution in [0.25, 0.3) is 49.3 Å². The summed E-state index contributed by atoms with van der Waals surface area (Å²) in [6, 6.07) is 67.0. The molecule has 0 radical (unpaired) electrons. The molecule has 7 aromatic carbocycles. The number of fused-ring (bicyclic) bond motifs is 12. The van der Waals surface area contributed by atoms with Crippen molar-refractivity contribution < 1.29 is 24.8 Å². The van der Waals surface area contributed by atoms with E-state index < -0.39 is 8.07 Å². The van der Waals surface area contributed by atoms with Crippen molar-refractivity contribution >= 4 is 95.3 Å². The van der Waals surface area contributed by atoms with E-state index in [1.54, 1.807) is 0 Å². The zero-order chi connectivity index (χ0) is 39.3. The van der Waals surface area contributed by atoms with Crippen LogP contribution in [0.3, 0.4) is 0 Å². The molecule has 0 N–H and O–H groups in total. The van der Waals surface area contributed by atoms with Gasteiger partial charge in [0.25, 0.3) is 0 Å². The molecule has 288 valence electrons. The molecule has 0 bridgehead atoms. The summed E-state index contributed by atoms with van der Waals surface area (Å²) in [5.74, 6) is 0.906. The Kier molecular flexibility index (Phi) is 8.34. The van der Waals surface area contributed by atoms with Crippen LogP contribution in [0.1, 0.15) is 25.0 Å². The van der Waals surface area contributed by atoms with Crippen molar-refractivity contribution in [1.82, 2.24) is 14.4 Å². The van der Waals surface area contributed by atoms with Gasteiger partial charge in [0, 0.05) is 45.9 Å². The van der Waals surface area contributed by atoms with E-state index in [-0.39, 0.29) is 25.8 Å². The quantitative estimate of drug-likeness (QED) is 0.0748. The molecular formula is C53H36N4OPdSi. The number of imidazole rings is 1. The maximum Gasteiger partial charge on any atom is 2.00 e. The number of hydrogen-bond donors (Lipinski definition) is 0. The van der Waals surface area contributed by atoms with Gasteiger partial charge in [0.05, 0.1) is 11.3 Å². The Morgan fingerprint density at radius 2 is 1.30 bits per heavy atom. The van der Waals surface area contributed by atoms with Gasteiger partial charge in [-0.1, -0.05) is 128 Å². The first-order valence-electron chi connectivity index (χ1n) is 20.1. The van der Waals surface area contributed by atoms with Crippen LogP contribution in [0.4, 0.5) is 17.2 Å². The van der Waals surface area contributed by atoms with Crippen molar-refractivity contribution in [3.05, 3.63) is 206 Å². The van der Waals surface area contributed by atoms with Gasteiger partial charge in [-0.05, 0) is 51.7 Å². The third kappa shape index (κ3) is 5.07. The van der Waals surface area contributed by atoms with Crippen molar-refractivity contribution in [2.24, 2.45) is 0 Å². The molecule has 0 fully saturated rings. The summed E-state index contributed by atoms with van der Waals surface area (Å²) in [4.78, 5) is 12.4. The van der Waals surface area contributed by atoms with Gasteiger partial charge in [0.15, 0.2) is 0 Å². The number of furan rings is 1. The van der Waals surface area contributed by atoms with Gasteiger partial charge in [-0.2, -0.15) is 23.4 Å². The normalized spacial score (nSPS) is 13.5. The summed E-state index contributed by atoms with van der Waals surface area (Å²) >= 11 is 0. The molecule has 1 aliphatic rings. The SMILES string of the molecule is CC1(C)c2cccnc2N(c2[c-]c([Si](c3[c-]c4c(cc3)c3ccccc3n3ccnc43)(c3ccccc3)c3ccccc3)ccc2)c2ccc3oc4ccccc4c3c21.[Pd+2]. The second kappa shape index (κ2) is 13.7. The average molecular weight is 879 g/mol. The van der Waals surface area contributed by atoms with Crippen LogP contribution in [-0.4, -0.2) is 22.4 Å². The standard InChI is InChI=1S/C53H36N4OSi.Pd/c1-53(2)44-23-14-30-54-52(44)57(46-28-29-48-49(50(46)53)42-22-10-12-25-47(42)58-48)35-15-13-20-38(33-35)59(36-16-5-3-6-17-36,37-18-7-4-8-19-37)39-26-27-40-41-21-9-11-24-45(41)56-32-31-55-51(56)43(40)34-39;/h3-32H,1-2H3;/q-2;+2. The van der Waals surface area contributed by atoms with E-state index in [4.69, 9.17) is 14.4 Å². The van der Waals surface area contributed by atoms with Crippen molar-refractivity contribution in [2.45, 2.75) is 19.3 Å². The zero-order valence-electron chi connectivity index (χ0n) is 32.8. The van der Waals surface area contributed by atoms with Gasteiger partial charge in [-0.15, -0.1) is 34.8 Å². The van der Waals surface area contributed by atoms with Crippen LogP contribution in [0, 0.1) is 12.1 Å². The van der Waals surface area contributed by atoms with Gasteiger partial charge in [-0.25, -0.2) is 4.98 Å². The number of benzene rings is 7. The second-order valence-electron chi connectivity index (χ2n) is 16.0. The molecule has 5 nitrogen and oxygen atoms in total. The van der Waals surface area contributed by atoms with E-state index in [1.807, 2.05) is 18.5 Å². The number of pyridine rings is 2. The Labute approximate surface area is 362 Å². The summed E-state index contributed by atoms with van der Waals surface area (Å²) in [5.41, 5.74) is 7.80. The number of hydrogen-bond acceptors (Lipinski definition) is 4. The Morgan fingerprint density at radius 3 is 2.10 bits per heavy atom. The molecule has 0 spiro atoms. The first kappa shape index (κ1) is 36.5. The third-order valence-electron chi connectivity index (χ3n) is 12.6. The smallest absolute Gasteiger partial charge is 0.456 e. The third-order valence-corrected chi connectivity index (χ3v) is 17.2.